The third-order valence-corrected chi connectivity index (χ3v) is 4.72. The number of aliphatic hydroxyl groups excluding tert-OH is 1. The molecule has 0 heterocycles. The molecule has 5 nitrogen and oxygen atoms in total. The second-order valence-electron chi connectivity index (χ2n) is 7.05. The Morgan fingerprint density at radius 3 is 2.52 bits per heavy atom. The van der Waals surface area contributed by atoms with Gasteiger partial charge in [0.1, 0.15) is 0 Å². The van der Waals surface area contributed by atoms with Crippen LogP contribution in [-0.4, -0.2) is 41.5 Å². The van der Waals surface area contributed by atoms with Crippen LogP contribution in [0.1, 0.15) is 28.7 Å². The van der Waals surface area contributed by atoms with E-state index >= 15 is 0 Å². The number of carboxylic acid groups (broad SMARTS) is 1. The SMILES string of the molecule is Cc1ccc(CCCNCC(O)C(Cc2ccccc2)NC(=O)O)c(C)c1. The zero-order valence-corrected chi connectivity index (χ0v) is 16.1. The van der Waals surface area contributed by atoms with Gasteiger partial charge in [-0.15, -0.1) is 0 Å². The van der Waals surface area contributed by atoms with Crippen molar-refractivity contribution in [2.75, 3.05) is 13.1 Å². The van der Waals surface area contributed by atoms with Crippen LogP contribution < -0.4 is 10.6 Å². The van der Waals surface area contributed by atoms with E-state index in [4.69, 9.17) is 5.11 Å². The Kier molecular flexibility index (Phi) is 8.30. The van der Waals surface area contributed by atoms with Crippen molar-refractivity contribution in [3.8, 4) is 0 Å². The Morgan fingerprint density at radius 1 is 1.11 bits per heavy atom. The molecule has 2 aromatic rings. The quantitative estimate of drug-likeness (QED) is 0.485. The molecule has 0 aliphatic rings. The Labute approximate surface area is 161 Å². The van der Waals surface area contributed by atoms with Crippen molar-refractivity contribution >= 4 is 6.09 Å². The minimum Gasteiger partial charge on any atom is -0.465 e. The van der Waals surface area contributed by atoms with E-state index in [1.165, 1.54) is 16.7 Å². The molecule has 0 bridgehead atoms. The molecule has 146 valence electrons. The van der Waals surface area contributed by atoms with Gasteiger partial charge in [-0.05, 0) is 56.3 Å². The highest BCUT2D eigenvalue weighted by molar-refractivity contribution is 5.65. The second kappa shape index (κ2) is 10.7. The Bertz CT molecular complexity index is 719. The highest BCUT2D eigenvalue weighted by Crippen LogP contribution is 2.12. The number of aliphatic hydroxyl groups is 1. The molecule has 2 atom stereocenters. The van der Waals surface area contributed by atoms with Crippen molar-refractivity contribution in [3.05, 3.63) is 70.8 Å². The van der Waals surface area contributed by atoms with Crippen molar-refractivity contribution < 1.29 is 15.0 Å². The maximum atomic E-state index is 11.1. The lowest BCUT2D eigenvalue weighted by atomic mass is 10.0. The topological polar surface area (TPSA) is 81.6 Å². The summed E-state index contributed by atoms with van der Waals surface area (Å²) in [5.74, 6) is 0. The normalized spacial score (nSPS) is 13.1. The zero-order valence-electron chi connectivity index (χ0n) is 16.1. The molecular formula is C22H30N2O3. The molecule has 0 saturated carbocycles. The van der Waals surface area contributed by atoms with E-state index in [0.29, 0.717) is 13.0 Å². The number of aryl methyl sites for hydroxylation is 3. The first kappa shape index (κ1) is 20.9. The number of amides is 1. The lowest BCUT2D eigenvalue weighted by Gasteiger charge is -2.23. The highest BCUT2D eigenvalue weighted by atomic mass is 16.4. The minimum absolute atomic E-state index is 0.352. The van der Waals surface area contributed by atoms with Gasteiger partial charge >= 0.3 is 6.09 Å². The molecule has 0 saturated heterocycles. The van der Waals surface area contributed by atoms with E-state index in [-0.39, 0.29) is 0 Å². The molecular weight excluding hydrogens is 340 g/mol. The molecule has 0 aromatic heterocycles. The van der Waals surface area contributed by atoms with Crippen LogP contribution >= 0.6 is 0 Å². The summed E-state index contributed by atoms with van der Waals surface area (Å²) in [7, 11) is 0. The van der Waals surface area contributed by atoms with Crippen LogP contribution in [0.4, 0.5) is 4.79 Å². The first-order chi connectivity index (χ1) is 13.0. The Morgan fingerprint density at radius 2 is 1.85 bits per heavy atom. The van der Waals surface area contributed by atoms with Gasteiger partial charge in [0.05, 0.1) is 12.1 Å². The molecule has 2 unspecified atom stereocenters. The van der Waals surface area contributed by atoms with Gasteiger partial charge in [0.15, 0.2) is 0 Å². The maximum Gasteiger partial charge on any atom is 0.404 e. The molecule has 27 heavy (non-hydrogen) atoms. The summed E-state index contributed by atoms with van der Waals surface area (Å²) < 4.78 is 0. The van der Waals surface area contributed by atoms with Gasteiger partial charge in [-0.25, -0.2) is 4.79 Å². The van der Waals surface area contributed by atoms with Crippen LogP contribution in [0.5, 0.6) is 0 Å². The number of hydrogen-bond donors (Lipinski definition) is 4. The summed E-state index contributed by atoms with van der Waals surface area (Å²) in [6.07, 6.45) is 0.494. The fourth-order valence-corrected chi connectivity index (χ4v) is 3.23. The van der Waals surface area contributed by atoms with Crippen LogP contribution in [-0.2, 0) is 12.8 Å². The lowest BCUT2D eigenvalue weighted by molar-refractivity contribution is 0.118. The van der Waals surface area contributed by atoms with Crippen LogP contribution in [0.2, 0.25) is 0 Å². The molecule has 0 aliphatic heterocycles. The smallest absolute Gasteiger partial charge is 0.404 e. The summed E-state index contributed by atoms with van der Waals surface area (Å²) in [6, 6.07) is 15.5. The summed E-state index contributed by atoms with van der Waals surface area (Å²) in [6.45, 7) is 5.35. The second-order valence-corrected chi connectivity index (χ2v) is 7.05. The molecule has 2 rings (SSSR count). The van der Waals surface area contributed by atoms with Gasteiger partial charge in [0, 0.05) is 6.54 Å². The van der Waals surface area contributed by atoms with E-state index < -0.39 is 18.2 Å². The molecule has 4 N–H and O–H groups in total. The van der Waals surface area contributed by atoms with Crippen LogP contribution in [0.15, 0.2) is 48.5 Å². The predicted molar refractivity (Wildman–Crippen MR) is 108 cm³/mol. The number of hydrogen-bond acceptors (Lipinski definition) is 3. The van der Waals surface area contributed by atoms with Gasteiger partial charge in [-0.2, -0.15) is 0 Å². The first-order valence-electron chi connectivity index (χ1n) is 9.44. The molecule has 2 aromatic carbocycles. The largest absolute Gasteiger partial charge is 0.465 e. The Hall–Kier alpha value is -2.37. The lowest BCUT2D eigenvalue weighted by Crippen LogP contribution is -2.48. The number of rotatable bonds is 10. The van der Waals surface area contributed by atoms with E-state index in [9.17, 15) is 9.90 Å². The summed E-state index contributed by atoms with van der Waals surface area (Å²) in [5, 5.41) is 25.1. The van der Waals surface area contributed by atoms with Gasteiger partial charge in [0.25, 0.3) is 0 Å². The number of nitrogens with one attached hydrogen (secondary N) is 2. The summed E-state index contributed by atoms with van der Waals surface area (Å²) >= 11 is 0. The van der Waals surface area contributed by atoms with E-state index in [2.05, 4.69) is 42.7 Å². The average molecular weight is 370 g/mol. The first-order valence-corrected chi connectivity index (χ1v) is 9.44. The van der Waals surface area contributed by atoms with Crippen molar-refractivity contribution in [3.63, 3.8) is 0 Å². The Balaban J connectivity index is 1.77. The molecule has 0 fully saturated rings. The van der Waals surface area contributed by atoms with E-state index in [1.807, 2.05) is 30.3 Å². The van der Waals surface area contributed by atoms with Crippen molar-refractivity contribution in [1.82, 2.24) is 10.6 Å². The monoisotopic (exact) mass is 370 g/mol. The molecule has 0 spiro atoms. The van der Waals surface area contributed by atoms with Crippen molar-refractivity contribution in [1.29, 1.82) is 0 Å². The minimum atomic E-state index is -1.12. The van der Waals surface area contributed by atoms with Gasteiger partial charge in [-0.1, -0.05) is 54.1 Å². The van der Waals surface area contributed by atoms with Gasteiger partial charge in [-0.3, -0.25) is 0 Å². The average Bonchev–Trinajstić information content (AvgIpc) is 2.63. The highest BCUT2D eigenvalue weighted by Gasteiger charge is 2.21. The summed E-state index contributed by atoms with van der Waals surface area (Å²) in [5.41, 5.74) is 4.92. The predicted octanol–water partition coefficient (Wildman–Crippen LogP) is 3.07. The van der Waals surface area contributed by atoms with Crippen LogP contribution in [0, 0.1) is 13.8 Å². The molecule has 0 radical (unpaired) electrons. The van der Waals surface area contributed by atoms with Crippen LogP contribution in [0.25, 0.3) is 0 Å². The fourth-order valence-electron chi connectivity index (χ4n) is 3.23. The fraction of sp³-hybridized carbons (Fsp3) is 0.409. The van der Waals surface area contributed by atoms with E-state index in [0.717, 1.165) is 24.9 Å². The standard InChI is InChI=1S/C22H30N2O3/c1-16-10-11-19(17(2)13-16)9-6-12-23-15-21(25)20(24-22(26)27)14-18-7-4-3-5-8-18/h3-5,7-8,10-11,13,20-21,23-25H,6,9,12,14-15H2,1-2H3,(H,26,27). The molecule has 5 heteroatoms. The zero-order chi connectivity index (χ0) is 19.6. The number of benzene rings is 2. The third-order valence-electron chi connectivity index (χ3n) is 4.72. The van der Waals surface area contributed by atoms with Crippen molar-refractivity contribution in [2.24, 2.45) is 0 Å². The van der Waals surface area contributed by atoms with E-state index in [1.54, 1.807) is 0 Å². The van der Waals surface area contributed by atoms with Gasteiger partial charge < -0.3 is 20.8 Å². The molecule has 1 amide bonds. The van der Waals surface area contributed by atoms with Crippen LogP contribution in [0.3, 0.4) is 0 Å². The third kappa shape index (κ3) is 7.41. The summed E-state index contributed by atoms with van der Waals surface area (Å²) in [4.78, 5) is 11.1. The van der Waals surface area contributed by atoms with Crippen molar-refractivity contribution in [2.45, 2.75) is 45.3 Å². The maximum absolute atomic E-state index is 11.1. The molecule has 0 aliphatic carbocycles. The number of carbonyl (C=O) groups is 1. The van der Waals surface area contributed by atoms with Gasteiger partial charge in [0.2, 0.25) is 0 Å².